The lowest BCUT2D eigenvalue weighted by Crippen LogP contribution is -2.11. The van der Waals surface area contributed by atoms with E-state index >= 15 is 0 Å². The van der Waals surface area contributed by atoms with Gasteiger partial charge in [0.05, 0.1) is 16.6 Å². The highest BCUT2D eigenvalue weighted by Gasteiger charge is 2.19. The Hall–Kier alpha value is -0.950. The molecule has 0 fully saturated rings. The zero-order valence-corrected chi connectivity index (χ0v) is 15.3. The van der Waals surface area contributed by atoms with Gasteiger partial charge in [-0.15, -0.1) is 11.3 Å². The van der Waals surface area contributed by atoms with Crippen LogP contribution in [0.15, 0.2) is 28.1 Å². The SMILES string of the molecule is COC(=O)c1scc(Br)c1OCCOc1ccc(Cl)cc1Cl. The van der Waals surface area contributed by atoms with Gasteiger partial charge in [-0.05, 0) is 34.1 Å². The van der Waals surface area contributed by atoms with Crippen molar-refractivity contribution in [1.82, 2.24) is 0 Å². The summed E-state index contributed by atoms with van der Waals surface area (Å²) in [5.41, 5.74) is 0. The van der Waals surface area contributed by atoms with Crippen molar-refractivity contribution in [3.05, 3.63) is 43.0 Å². The predicted octanol–water partition coefficient (Wildman–Crippen LogP) is 5.06. The summed E-state index contributed by atoms with van der Waals surface area (Å²) in [6.45, 7) is 0.516. The van der Waals surface area contributed by atoms with Crippen molar-refractivity contribution in [3.63, 3.8) is 0 Å². The molecule has 8 heteroatoms. The Balaban J connectivity index is 1.92. The topological polar surface area (TPSA) is 44.8 Å². The molecule has 0 radical (unpaired) electrons. The molecule has 0 amide bonds. The molecule has 2 aromatic rings. The van der Waals surface area contributed by atoms with E-state index in [0.717, 1.165) is 0 Å². The van der Waals surface area contributed by atoms with Crippen LogP contribution in [0.2, 0.25) is 10.0 Å². The normalized spacial score (nSPS) is 10.4. The molecular weight excluding hydrogens is 415 g/mol. The van der Waals surface area contributed by atoms with Gasteiger partial charge in [0.2, 0.25) is 0 Å². The maximum absolute atomic E-state index is 11.6. The Morgan fingerprint density at radius 3 is 2.68 bits per heavy atom. The number of thiophene rings is 1. The lowest BCUT2D eigenvalue weighted by molar-refractivity contribution is 0.0601. The summed E-state index contributed by atoms with van der Waals surface area (Å²) in [7, 11) is 1.32. The number of methoxy groups -OCH3 is 1. The van der Waals surface area contributed by atoms with Gasteiger partial charge in [-0.3, -0.25) is 0 Å². The van der Waals surface area contributed by atoms with E-state index in [1.165, 1.54) is 18.4 Å². The van der Waals surface area contributed by atoms with Crippen LogP contribution in [0.3, 0.4) is 0 Å². The first-order chi connectivity index (χ1) is 10.5. The Morgan fingerprint density at radius 2 is 2.00 bits per heavy atom. The second kappa shape index (κ2) is 8.06. The van der Waals surface area contributed by atoms with Crippen LogP contribution >= 0.6 is 50.5 Å². The lowest BCUT2D eigenvalue weighted by Gasteiger charge is -2.10. The van der Waals surface area contributed by atoms with Gasteiger partial charge in [0.15, 0.2) is 10.6 Å². The summed E-state index contributed by atoms with van der Waals surface area (Å²) >= 11 is 16.4. The van der Waals surface area contributed by atoms with Crippen molar-refractivity contribution >= 4 is 56.4 Å². The monoisotopic (exact) mass is 424 g/mol. The quantitative estimate of drug-likeness (QED) is 0.479. The smallest absolute Gasteiger partial charge is 0.351 e. The summed E-state index contributed by atoms with van der Waals surface area (Å²) in [4.78, 5) is 12.0. The van der Waals surface area contributed by atoms with Gasteiger partial charge >= 0.3 is 5.97 Å². The van der Waals surface area contributed by atoms with Gasteiger partial charge < -0.3 is 14.2 Å². The fourth-order valence-corrected chi connectivity index (χ4v) is 3.55. The standard InChI is InChI=1S/C14H11BrCl2O4S/c1-19-14(18)13-12(9(15)7-22-13)21-5-4-20-11-3-2-8(16)6-10(11)17/h2-3,6-7H,4-5H2,1H3. The number of halogens is 3. The molecule has 0 bridgehead atoms. The Kier molecular flexibility index (Phi) is 6.37. The van der Waals surface area contributed by atoms with Crippen molar-refractivity contribution < 1.29 is 19.0 Å². The van der Waals surface area contributed by atoms with Crippen LogP contribution in [-0.2, 0) is 4.74 Å². The van der Waals surface area contributed by atoms with Gasteiger partial charge in [0.1, 0.15) is 19.0 Å². The highest BCUT2D eigenvalue weighted by Crippen LogP contribution is 2.35. The van der Waals surface area contributed by atoms with Crippen molar-refractivity contribution in [2.75, 3.05) is 20.3 Å². The van der Waals surface area contributed by atoms with Gasteiger partial charge in [0, 0.05) is 10.4 Å². The van der Waals surface area contributed by atoms with E-state index in [4.69, 9.17) is 37.4 Å². The number of carbonyl (C=O) groups is 1. The molecule has 1 aromatic heterocycles. The molecule has 0 saturated heterocycles. The number of ether oxygens (including phenoxy) is 3. The third-order valence-corrected chi connectivity index (χ3v) is 4.92. The first-order valence-electron chi connectivity index (χ1n) is 6.09. The summed E-state index contributed by atoms with van der Waals surface area (Å²) in [5, 5.41) is 2.73. The van der Waals surface area contributed by atoms with Crippen molar-refractivity contribution in [2.45, 2.75) is 0 Å². The first-order valence-corrected chi connectivity index (χ1v) is 8.51. The Morgan fingerprint density at radius 1 is 1.27 bits per heavy atom. The molecule has 22 heavy (non-hydrogen) atoms. The van der Waals surface area contributed by atoms with E-state index in [2.05, 4.69) is 15.9 Å². The highest BCUT2D eigenvalue weighted by molar-refractivity contribution is 9.10. The maximum atomic E-state index is 11.6. The van der Waals surface area contributed by atoms with Gasteiger partial charge in [-0.1, -0.05) is 23.2 Å². The molecule has 4 nitrogen and oxygen atoms in total. The van der Waals surface area contributed by atoms with E-state index in [-0.39, 0.29) is 13.2 Å². The van der Waals surface area contributed by atoms with Gasteiger partial charge in [0.25, 0.3) is 0 Å². The predicted molar refractivity (Wildman–Crippen MR) is 90.8 cm³/mol. The van der Waals surface area contributed by atoms with Crippen LogP contribution in [0.5, 0.6) is 11.5 Å². The highest BCUT2D eigenvalue weighted by atomic mass is 79.9. The zero-order valence-electron chi connectivity index (χ0n) is 11.4. The molecule has 1 heterocycles. The third-order valence-electron chi connectivity index (χ3n) is 2.56. The fraction of sp³-hybridized carbons (Fsp3) is 0.214. The molecule has 0 atom stereocenters. The molecule has 0 N–H and O–H groups in total. The van der Waals surface area contributed by atoms with Crippen molar-refractivity contribution in [1.29, 1.82) is 0 Å². The summed E-state index contributed by atoms with van der Waals surface area (Å²) in [6, 6.07) is 4.98. The molecule has 2 rings (SSSR count). The minimum atomic E-state index is -0.438. The van der Waals surface area contributed by atoms with E-state index in [0.29, 0.717) is 30.9 Å². The molecule has 0 spiro atoms. The fourth-order valence-electron chi connectivity index (χ4n) is 1.58. The number of rotatable bonds is 6. The van der Waals surface area contributed by atoms with Gasteiger partial charge in [-0.2, -0.15) is 0 Å². The van der Waals surface area contributed by atoms with E-state index < -0.39 is 5.97 Å². The van der Waals surface area contributed by atoms with Crippen LogP contribution in [0.1, 0.15) is 9.67 Å². The van der Waals surface area contributed by atoms with Crippen molar-refractivity contribution in [3.8, 4) is 11.5 Å². The van der Waals surface area contributed by atoms with Crippen LogP contribution in [0.4, 0.5) is 0 Å². The molecule has 0 aliphatic rings. The average Bonchev–Trinajstić information content (AvgIpc) is 2.86. The minimum absolute atomic E-state index is 0.248. The van der Waals surface area contributed by atoms with Crippen LogP contribution in [0, 0.1) is 0 Å². The van der Waals surface area contributed by atoms with Crippen LogP contribution in [-0.4, -0.2) is 26.3 Å². The van der Waals surface area contributed by atoms with E-state index in [1.54, 1.807) is 23.6 Å². The number of esters is 1. The van der Waals surface area contributed by atoms with Crippen molar-refractivity contribution in [2.24, 2.45) is 0 Å². The molecular formula is C14H11BrCl2O4S. The Labute approximate surface area is 150 Å². The second-order valence-electron chi connectivity index (χ2n) is 4.01. The largest absolute Gasteiger partial charge is 0.488 e. The van der Waals surface area contributed by atoms with Gasteiger partial charge in [-0.25, -0.2) is 4.79 Å². The number of benzene rings is 1. The zero-order chi connectivity index (χ0) is 16.1. The molecule has 0 aliphatic heterocycles. The lowest BCUT2D eigenvalue weighted by atomic mass is 10.3. The summed E-state index contributed by atoms with van der Waals surface area (Å²) in [6.07, 6.45) is 0. The Bertz CT molecular complexity index is 675. The average molecular weight is 426 g/mol. The number of carbonyl (C=O) groups excluding carboxylic acids is 1. The minimum Gasteiger partial charge on any atom is -0.488 e. The molecule has 118 valence electrons. The molecule has 0 aliphatic carbocycles. The van der Waals surface area contributed by atoms with Crippen LogP contribution in [0.25, 0.3) is 0 Å². The molecule has 1 aromatic carbocycles. The summed E-state index contributed by atoms with van der Waals surface area (Å²) in [5.74, 6) is 0.530. The van der Waals surface area contributed by atoms with E-state index in [9.17, 15) is 4.79 Å². The maximum Gasteiger partial charge on any atom is 0.351 e. The number of hydrogen-bond acceptors (Lipinski definition) is 5. The van der Waals surface area contributed by atoms with E-state index in [1.807, 2.05) is 0 Å². The second-order valence-corrected chi connectivity index (χ2v) is 6.58. The number of hydrogen-bond donors (Lipinski definition) is 0. The third kappa shape index (κ3) is 4.29. The molecule has 0 saturated carbocycles. The van der Waals surface area contributed by atoms with Crippen LogP contribution < -0.4 is 9.47 Å². The summed E-state index contributed by atoms with van der Waals surface area (Å²) < 4.78 is 16.5. The molecule has 0 unspecified atom stereocenters. The first kappa shape index (κ1) is 17.4.